The number of rotatable bonds is 9. The summed E-state index contributed by atoms with van der Waals surface area (Å²) in [5.41, 5.74) is -0.149. The van der Waals surface area contributed by atoms with E-state index >= 15 is 0 Å². The summed E-state index contributed by atoms with van der Waals surface area (Å²) in [7, 11) is 0. The highest BCUT2D eigenvalue weighted by Gasteiger charge is 2.20. The van der Waals surface area contributed by atoms with Crippen molar-refractivity contribution >= 4 is 23.4 Å². The first-order valence-electron chi connectivity index (χ1n) is 8.00. The Bertz CT molecular complexity index is 768. The van der Waals surface area contributed by atoms with Gasteiger partial charge < -0.3 is 10.1 Å². The quantitative estimate of drug-likeness (QED) is 0.308. The second-order valence-electron chi connectivity index (χ2n) is 5.41. The topological polar surface area (TPSA) is 81.5 Å². The lowest BCUT2D eigenvalue weighted by molar-refractivity contribution is -0.385. The zero-order valence-electron chi connectivity index (χ0n) is 14.2. The molecule has 138 valence electrons. The molecule has 0 spiro atoms. The van der Waals surface area contributed by atoms with Gasteiger partial charge in [-0.3, -0.25) is 14.9 Å². The molecule has 0 saturated carbocycles. The average Bonchev–Trinajstić information content (AvgIpc) is 2.65. The molecule has 0 heterocycles. The van der Waals surface area contributed by atoms with Gasteiger partial charge in [-0.1, -0.05) is 0 Å². The second-order valence-corrected chi connectivity index (χ2v) is 6.29. The van der Waals surface area contributed by atoms with Gasteiger partial charge in [-0.15, -0.1) is 11.8 Å². The number of nitrogens with zero attached hydrogens (tertiary/aromatic N) is 1. The maximum atomic E-state index is 12.8. The number of halogens is 1. The molecular formula is C18H19FN2O4S. The maximum Gasteiger partial charge on any atom is 0.282 e. The minimum absolute atomic E-state index is 0.0596. The first-order chi connectivity index (χ1) is 12.5. The van der Waals surface area contributed by atoms with E-state index in [0.717, 1.165) is 4.90 Å². The molecule has 0 fully saturated rings. The molecule has 0 radical (unpaired) electrons. The van der Waals surface area contributed by atoms with Gasteiger partial charge in [0.05, 0.1) is 11.5 Å². The number of hydrogen-bond acceptors (Lipinski definition) is 5. The zero-order chi connectivity index (χ0) is 18.9. The molecule has 0 aliphatic rings. The van der Waals surface area contributed by atoms with E-state index in [1.807, 2.05) is 6.26 Å². The van der Waals surface area contributed by atoms with Crippen molar-refractivity contribution in [2.75, 3.05) is 19.4 Å². The minimum atomic E-state index is -0.560. The summed E-state index contributed by atoms with van der Waals surface area (Å²) in [5, 5.41) is 13.8. The molecule has 2 aromatic carbocycles. The Balaban J connectivity index is 1.78. The SMILES string of the molecule is CSc1ccc([N+](=O)[O-])c(C(=O)NCCCCOc2ccc(F)cc2)c1. The normalized spacial score (nSPS) is 10.4. The Morgan fingerprint density at radius 2 is 1.96 bits per heavy atom. The molecular weight excluding hydrogens is 359 g/mol. The molecule has 0 unspecified atom stereocenters. The van der Waals surface area contributed by atoms with Crippen molar-refractivity contribution in [2.24, 2.45) is 0 Å². The van der Waals surface area contributed by atoms with Gasteiger partial charge in [0.25, 0.3) is 11.6 Å². The molecule has 0 aromatic heterocycles. The molecule has 1 N–H and O–H groups in total. The fraction of sp³-hybridized carbons (Fsp3) is 0.278. The highest BCUT2D eigenvalue weighted by molar-refractivity contribution is 7.98. The van der Waals surface area contributed by atoms with Crippen LogP contribution < -0.4 is 10.1 Å². The number of ether oxygens (including phenoxy) is 1. The van der Waals surface area contributed by atoms with Gasteiger partial charge >= 0.3 is 0 Å². The lowest BCUT2D eigenvalue weighted by atomic mass is 10.1. The first-order valence-corrected chi connectivity index (χ1v) is 9.22. The van der Waals surface area contributed by atoms with Crippen LogP contribution in [0, 0.1) is 15.9 Å². The Morgan fingerprint density at radius 3 is 2.62 bits per heavy atom. The van der Waals surface area contributed by atoms with Crippen molar-refractivity contribution in [3.63, 3.8) is 0 Å². The van der Waals surface area contributed by atoms with Crippen molar-refractivity contribution in [2.45, 2.75) is 17.7 Å². The molecule has 26 heavy (non-hydrogen) atoms. The number of thioether (sulfide) groups is 1. The number of nitro groups is 1. The summed E-state index contributed by atoms with van der Waals surface area (Å²) in [4.78, 5) is 23.5. The fourth-order valence-corrected chi connectivity index (χ4v) is 2.67. The van der Waals surface area contributed by atoms with Crippen LogP contribution in [0.15, 0.2) is 47.4 Å². The number of nitro benzene ring substituents is 1. The molecule has 0 bridgehead atoms. The molecule has 0 saturated heterocycles. The molecule has 2 rings (SSSR count). The van der Waals surface area contributed by atoms with Crippen LogP contribution in [-0.4, -0.2) is 30.2 Å². The summed E-state index contributed by atoms with van der Waals surface area (Å²) in [6, 6.07) is 10.2. The highest BCUT2D eigenvalue weighted by atomic mass is 32.2. The number of amides is 1. The fourth-order valence-electron chi connectivity index (χ4n) is 2.23. The molecule has 0 aliphatic heterocycles. The van der Waals surface area contributed by atoms with E-state index in [1.165, 1.54) is 36.0 Å². The molecule has 6 nitrogen and oxygen atoms in total. The van der Waals surface area contributed by atoms with Crippen molar-refractivity contribution in [3.8, 4) is 5.75 Å². The third-order valence-electron chi connectivity index (χ3n) is 3.58. The second kappa shape index (κ2) is 9.76. The van der Waals surface area contributed by atoms with Gasteiger partial charge in [-0.25, -0.2) is 4.39 Å². The monoisotopic (exact) mass is 378 g/mol. The summed E-state index contributed by atoms with van der Waals surface area (Å²) in [6.45, 7) is 0.815. The van der Waals surface area contributed by atoms with Gasteiger partial charge in [0.1, 0.15) is 17.1 Å². The minimum Gasteiger partial charge on any atom is -0.494 e. The first kappa shape index (κ1) is 19.7. The van der Waals surface area contributed by atoms with E-state index in [4.69, 9.17) is 4.74 Å². The van der Waals surface area contributed by atoms with Crippen LogP contribution in [0.3, 0.4) is 0 Å². The van der Waals surface area contributed by atoms with Gasteiger partial charge in [0.15, 0.2) is 0 Å². The number of unbranched alkanes of at least 4 members (excludes halogenated alkanes) is 1. The van der Waals surface area contributed by atoms with Gasteiger partial charge in [0.2, 0.25) is 0 Å². The maximum absolute atomic E-state index is 12.8. The summed E-state index contributed by atoms with van der Waals surface area (Å²) >= 11 is 1.41. The predicted molar refractivity (Wildman–Crippen MR) is 98.3 cm³/mol. The van der Waals surface area contributed by atoms with Gasteiger partial charge in [-0.2, -0.15) is 0 Å². The molecule has 0 atom stereocenters. The summed E-state index contributed by atoms with van der Waals surface area (Å²) in [6.07, 6.45) is 3.18. The molecule has 0 aliphatic carbocycles. The number of carbonyl (C=O) groups excluding carboxylic acids is 1. The van der Waals surface area contributed by atoms with Crippen molar-refractivity contribution in [1.29, 1.82) is 0 Å². The van der Waals surface area contributed by atoms with Crippen molar-refractivity contribution in [3.05, 3.63) is 64.0 Å². The van der Waals surface area contributed by atoms with E-state index < -0.39 is 10.8 Å². The van der Waals surface area contributed by atoms with Crippen LogP contribution in [0.25, 0.3) is 0 Å². The van der Waals surface area contributed by atoms with Crippen LogP contribution in [0.2, 0.25) is 0 Å². The Kier molecular flexibility index (Phi) is 7.40. The average molecular weight is 378 g/mol. The van der Waals surface area contributed by atoms with Gasteiger partial charge in [0, 0.05) is 17.5 Å². The van der Waals surface area contributed by atoms with E-state index in [1.54, 1.807) is 18.2 Å². The Hall–Kier alpha value is -2.61. The van der Waals surface area contributed by atoms with Gasteiger partial charge in [-0.05, 0) is 55.5 Å². The molecule has 1 amide bonds. The third kappa shape index (κ3) is 5.73. The smallest absolute Gasteiger partial charge is 0.282 e. The Labute approximate surface area is 154 Å². The zero-order valence-corrected chi connectivity index (χ0v) is 15.1. The summed E-state index contributed by atoms with van der Waals surface area (Å²) in [5.74, 6) is -0.202. The van der Waals surface area contributed by atoms with Crippen molar-refractivity contribution in [1.82, 2.24) is 5.32 Å². The Morgan fingerprint density at radius 1 is 1.23 bits per heavy atom. The molecule has 2 aromatic rings. The number of benzene rings is 2. The number of carbonyl (C=O) groups is 1. The van der Waals surface area contributed by atoms with E-state index in [2.05, 4.69) is 5.32 Å². The van der Waals surface area contributed by atoms with E-state index in [-0.39, 0.29) is 17.1 Å². The lowest BCUT2D eigenvalue weighted by Crippen LogP contribution is -2.25. The van der Waals surface area contributed by atoms with E-state index in [0.29, 0.717) is 31.7 Å². The van der Waals surface area contributed by atoms with Crippen LogP contribution >= 0.6 is 11.8 Å². The van der Waals surface area contributed by atoms with Crippen LogP contribution in [0.5, 0.6) is 5.75 Å². The van der Waals surface area contributed by atoms with Crippen LogP contribution in [-0.2, 0) is 0 Å². The third-order valence-corrected chi connectivity index (χ3v) is 4.31. The molecule has 8 heteroatoms. The summed E-state index contributed by atoms with van der Waals surface area (Å²) < 4.78 is 18.2. The largest absolute Gasteiger partial charge is 0.494 e. The number of hydrogen-bond donors (Lipinski definition) is 1. The lowest BCUT2D eigenvalue weighted by Gasteiger charge is -2.08. The van der Waals surface area contributed by atoms with Crippen molar-refractivity contribution < 1.29 is 18.8 Å². The van der Waals surface area contributed by atoms with Crippen LogP contribution in [0.4, 0.5) is 10.1 Å². The highest BCUT2D eigenvalue weighted by Crippen LogP contribution is 2.24. The van der Waals surface area contributed by atoms with Crippen LogP contribution in [0.1, 0.15) is 23.2 Å². The number of nitrogens with one attached hydrogen (secondary N) is 1. The van der Waals surface area contributed by atoms with E-state index in [9.17, 15) is 19.3 Å². The standard InChI is InChI=1S/C18H19FN2O4S/c1-26-15-8-9-17(21(23)24)16(12-15)18(22)20-10-2-3-11-25-14-6-4-13(19)5-7-14/h4-9,12H,2-3,10-11H2,1H3,(H,20,22). The predicted octanol–water partition coefficient (Wildman–Crippen LogP) is 4.04.